The molecule has 1 fully saturated rings. The third-order valence-electron chi connectivity index (χ3n) is 4.09. The molecule has 1 aliphatic heterocycles. The van der Waals surface area contributed by atoms with Crippen LogP contribution in [0.5, 0.6) is 0 Å². The Balaban J connectivity index is 1.88. The maximum atomic E-state index is 5.98. The quantitative estimate of drug-likeness (QED) is 0.879. The number of nitrogens with two attached hydrogens (primary N) is 1. The van der Waals surface area contributed by atoms with Crippen molar-refractivity contribution in [2.75, 3.05) is 30.4 Å². The zero-order valence-corrected chi connectivity index (χ0v) is 14.4. The van der Waals surface area contributed by atoms with Crippen molar-refractivity contribution in [1.29, 1.82) is 0 Å². The van der Waals surface area contributed by atoms with Crippen LogP contribution in [0.15, 0.2) is 30.5 Å². The second-order valence-corrected chi connectivity index (χ2v) is 6.67. The van der Waals surface area contributed by atoms with Crippen molar-refractivity contribution in [3.63, 3.8) is 0 Å². The van der Waals surface area contributed by atoms with Crippen LogP contribution in [-0.2, 0) is 11.3 Å². The highest BCUT2D eigenvalue weighted by Gasteiger charge is 2.22. The van der Waals surface area contributed by atoms with Crippen LogP contribution < -0.4 is 10.6 Å². The van der Waals surface area contributed by atoms with E-state index in [0.29, 0.717) is 30.9 Å². The van der Waals surface area contributed by atoms with Gasteiger partial charge < -0.3 is 15.4 Å². The first-order valence-corrected chi connectivity index (χ1v) is 8.49. The normalized spacial score (nSPS) is 17.4. The Morgan fingerprint density at radius 1 is 1.33 bits per heavy atom. The summed E-state index contributed by atoms with van der Waals surface area (Å²) in [4.78, 5) is 15.6. The highest BCUT2D eigenvalue weighted by molar-refractivity contribution is 5.45. The molecule has 2 aromatic heterocycles. The molecule has 0 aliphatic carbocycles. The minimum atomic E-state index is 0.310. The Morgan fingerprint density at radius 2 is 2.21 bits per heavy atom. The lowest BCUT2D eigenvalue weighted by Gasteiger charge is -2.26. The third kappa shape index (κ3) is 4.20. The lowest BCUT2D eigenvalue weighted by Crippen LogP contribution is -2.29. The first-order valence-electron chi connectivity index (χ1n) is 8.49. The van der Waals surface area contributed by atoms with E-state index < -0.39 is 0 Å². The highest BCUT2D eigenvalue weighted by Crippen LogP contribution is 2.27. The van der Waals surface area contributed by atoms with Gasteiger partial charge in [0.1, 0.15) is 5.82 Å². The molecular weight excluding hydrogens is 302 g/mol. The maximum absolute atomic E-state index is 5.98. The summed E-state index contributed by atoms with van der Waals surface area (Å²) < 4.78 is 5.49. The van der Waals surface area contributed by atoms with Gasteiger partial charge in [0.2, 0.25) is 5.95 Å². The third-order valence-corrected chi connectivity index (χ3v) is 4.09. The van der Waals surface area contributed by atoms with Crippen LogP contribution in [0.4, 0.5) is 11.8 Å². The van der Waals surface area contributed by atoms with Gasteiger partial charge in [0, 0.05) is 31.3 Å². The molecule has 1 atom stereocenters. The molecule has 1 unspecified atom stereocenters. The average Bonchev–Trinajstić information content (AvgIpc) is 3.09. The molecule has 2 aromatic rings. The fourth-order valence-electron chi connectivity index (χ4n) is 2.98. The molecule has 1 aliphatic rings. The molecule has 0 spiro atoms. The highest BCUT2D eigenvalue weighted by atomic mass is 16.5. The fraction of sp³-hybridized carbons (Fsp3) is 0.500. The molecule has 0 amide bonds. The van der Waals surface area contributed by atoms with Gasteiger partial charge in [-0.3, -0.25) is 4.98 Å². The van der Waals surface area contributed by atoms with Gasteiger partial charge in [-0.15, -0.1) is 0 Å². The molecule has 3 rings (SSSR count). The van der Waals surface area contributed by atoms with E-state index >= 15 is 0 Å². The van der Waals surface area contributed by atoms with Crippen LogP contribution in [0.2, 0.25) is 0 Å². The van der Waals surface area contributed by atoms with Gasteiger partial charge in [0.15, 0.2) is 0 Å². The second kappa shape index (κ2) is 7.57. The lowest BCUT2D eigenvalue weighted by atomic mass is 10.0. The van der Waals surface area contributed by atoms with Gasteiger partial charge >= 0.3 is 0 Å². The Bertz CT molecular complexity index is 656. The number of aromatic nitrogens is 3. The second-order valence-electron chi connectivity index (χ2n) is 6.67. The maximum Gasteiger partial charge on any atom is 0.222 e. The Hall–Kier alpha value is -2.21. The van der Waals surface area contributed by atoms with Crippen molar-refractivity contribution < 1.29 is 4.74 Å². The van der Waals surface area contributed by atoms with E-state index in [4.69, 9.17) is 10.5 Å². The van der Waals surface area contributed by atoms with Crippen molar-refractivity contribution >= 4 is 11.8 Å². The van der Waals surface area contributed by atoms with E-state index in [2.05, 4.69) is 39.8 Å². The lowest BCUT2D eigenvalue weighted by molar-refractivity contribution is 0.193. The Labute approximate surface area is 143 Å². The molecule has 6 heteroatoms. The number of hydrogen-bond donors (Lipinski definition) is 1. The molecule has 24 heavy (non-hydrogen) atoms. The average molecular weight is 327 g/mol. The van der Waals surface area contributed by atoms with Gasteiger partial charge in [0.25, 0.3) is 0 Å². The number of nitrogen functional groups attached to an aromatic ring is 1. The summed E-state index contributed by atoms with van der Waals surface area (Å²) in [6, 6.07) is 8.02. The van der Waals surface area contributed by atoms with Crippen LogP contribution in [0.25, 0.3) is 0 Å². The monoisotopic (exact) mass is 327 g/mol. The number of hydrogen-bond acceptors (Lipinski definition) is 6. The summed E-state index contributed by atoms with van der Waals surface area (Å²) in [5.74, 6) is 2.00. The molecule has 0 aromatic carbocycles. The molecule has 128 valence electrons. The van der Waals surface area contributed by atoms with Crippen LogP contribution in [0.3, 0.4) is 0 Å². The zero-order valence-electron chi connectivity index (χ0n) is 14.4. The van der Waals surface area contributed by atoms with Crippen LogP contribution in [-0.4, -0.2) is 34.7 Å². The first kappa shape index (κ1) is 16.6. The molecule has 0 radical (unpaired) electrons. The van der Waals surface area contributed by atoms with Crippen LogP contribution >= 0.6 is 0 Å². The van der Waals surface area contributed by atoms with Crippen LogP contribution in [0, 0.1) is 5.92 Å². The van der Waals surface area contributed by atoms with E-state index in [1.807, 2.05) is 24.4 Å². The van der Waals surface area contributed by atoms with Gasteiger partial charge in [-0.25, -0.2) is 4.98 Å². The topological polar surface area (TPSA) is 77.2 Å². The number of pyridine rings is 1. The van der Waals surface area contributed by atoms with E-state index in [-0.39, 0.29) is 0 Å². The van der Waals surface area contributed by atoms with Gasteiger partial charge in [0.05, 0.1) is 24.5 Å². The smallest absolute Gasteiger partial charge is 0.222 e. The molecule has 1 saturated heterocycles. The Morgan fingerprint density at radius 3 is 2.88 bits per heavy atom. The van der Waals surface area contributed by atoms with Crippen molar-refractivity contribution in [2.45, 2.75) is 32.7 Å². The largest absolute Gasteiger partial charge is 0.381 e. The van der Waals surface area contributed by atoms with Crippen molar-refractivity contribution in [3.8, 4) is 0 Å². The van der Waals surface area contributed by atoms with Gasteiger partial charge in [-0.05, 0) is 24.5 Å². The van der Waals surface area contributed by atoms with E-state index in [1.54, 1.807) is 0 Å². The summed E-state index contributed by atoms with van der Waals surface area (Å²) in [6.45, 7) is 7.47. The van der Waals surface area contributed by atoms with Crippen LogP contribution in [0.1, 0.15) is 37.6 Å². The summed E-state index contributed by atoms with van der Waals surface area (Å²) in [6.07, 6.45) is 2.80. The first-order chi connectivity index (χ1) is 11.6. The summed E-state index contributed by atoms with van der Waals surface area (Å²) in [7, 11) is 0. The number of anilines is 2. The fourth-order valence-corrected chi connectivity index (χ4v) is 2.98. The Kier molecular flexibility index (Phi) is 5.25. The van der Waals surface area contributed by atoms with E-state index in [0.717, 1.165) is 36.8 Å². The van der Waals surface area contributed by atoms with E-state index in [1.165, 1.54) is 0 Å². The SMILES string of the molecule is CC(C)CN(Cc1ccccn1)c1cc(C2CCOC2)nc(N)n1. The number of ether oxygens (including phenoxy) is 1. The summed E-state index contributed by atoms with van der Waals surface area (Å²) >= 11 is 0. The predicted octanol–water partition coefficient (Wildman–Crippen LogP) is 2.62. The summed E-state index contributed by atoms with van der Waals surface area (Å²) in [5, 5.41) is 0. The summed E-state index contributed by atoms with van der Waals surface area (Å²) in [5.41, 5.74) is 7.98. The minimum Gasteiger partial charge on any atom is -0.381 e. The van der Waals surface area contributed by atoms with Gasteiger partial charge in [-0.2, -0.15) is 4.98 Å². The number of nitrogens with zero attached hydrogens (tertiary/aromatic N) is 4. The molecule has 0 bridgehead atoms. The molecule has 0 saturated carbocycles. The number of rotatable bonds is 6. The van der Waals surface area contributed by atoms with Gasteiger partial charge in [-0.1, -0.05) is 19.9 Å². The van der Waals surface area contributed by atoms with Crippen molar-refractivity contribution in [3.05, 3.63) is 41.9 Å². The minimum absolute atomic E-state index is 0.310. The van der Waals surface area contributed by atoms with Crippen molar-refractivity contribution in [2.24, 2.45) is 5.92 Å². The van der Waals surface area contributed by atoms with E-state index in [9.17, 15) is 0 Å². The predicted molar refractivity (Wildman–Crippen MR) is 94.7 cm³/mol. The zero-order chi connectivity index (χ0) is 16.9. The molecule has 3 heterocycles. The molecular formula is C18H25N5O. The van der Waals surface area contributed by atoms with Crippen molar-refractivity contribution in [1.82, 2.24) is 15.0 Å². The molecule has 2 N–H and O–H groups in total. The standard InChI is InChI=1S/C18H25N5O/c1-13(2)10-23(11-15-5-3-4-7-20-15)17-9-16(21-18(19)22-17)14-6-8-24-12-14/h3-5,7,9,13-14H,6,8,10-12H2,1-2H3,(H2,19,21,22). The molecule has 6 nitrogen and oxygen atoms in total.